The van der Waals surface area contributed by atoms with E-state index in [-0.39, 0.29) is 5.91 Å². The van der Waals surface area contributed by atoms with Gasteiger partial charge in [-0.3, -0.25) is 4.79 Å². The fourth-order valence-corrected chi connectivity index (χ4v) is 4.32. The van der Waals surface area contributed by atoms with Gasteiger partial charge in [-0.1, -0.05) is 12.1 Å². The first-order valence-electron chi connectivity index (χ1n) is 9.52. The van der Waals surface area contributed by atoms with Gasteiger partial charge in [0.2, 0.25) is 5.89 Å². The van der Waals surface area contributed by atoms with Crippen molar-refractivity contribution in [2.45, 2.75) is 18.9 Å². The molecule has 0 unspecified atom stereocenters. The molecule has 1 aliphatic heterocycles. The van der Waals surface area contributed by atoms with Crippen LogP contribution in [0.2, 0.25) is 0 Å². The lowest BCUT2D eigenvalue weighted by Gasteiger charge is -2.15. The zero-order valence-corrected chi connectivity index (χ0v) is 15.2. The molecule has 1 saturated carbocycles. The number of benzene rings is 1. The first kappa shape index (κ1) is 15.6. The van der Waals surface area contributed by atoms with Crippen LogP contribution in [0.4, 0.5) is 0 Å². The molecule has 1 fully saturated rings. The van der Waals surface area contributed by atoms with Gasteiger partial charge < -0.3 is 13.7 Å². The number of hydrogen-bond acceptors (Lipinski definition) is 4. The van der Waals surface area contributed by atoms with Crippen molar-refractivity contribution in [1.29, 1.82) is 0 Å². The quantitative estimate of drug-likeness (QED) is 0.549. The van der Waals surface area contributed by atoms with Crippen molar-refractivity contribution in [2.24, 2.45) is 5.92 Å². The minimum atomic E-state index is 0.101. The summed E-state index contributed by atoms with van der Waals surface area (Å²) in [5.74, 6) is 1.57. The number of aromatic nitrogens is 3. The summed E-state index contributed by atoms with van der Waals surface area (Å²) < 4.78 is 7.52. The first-order valence-corrected chi connectivity index (χ1v) is 9.52. The van der Waals surface area contributed by atoms with E-state index in [1.54, 1.807) is 12.5 Å². The Balaban J connectivity index is 1.22. The van der Waals surface area contributed by atoms with Gasteiger partial charge in [0.05, 0.1) is 11.9 Å². The number of hydrogen-bond donors (Lipinski definition) is 0. The molecule has 28 heavy (non-hydrogen) atoms. The predicted molar refractivity (Wildman–Crippen MR) is 103 cm³/mol. The number of carbonyl (C=O) groups is 1. The van der Waals surface area contributed by atoms with E-state index in [9.17, 15) is 4.79 Å². The van der Waals surface area contributed by atoms with Crippen molar-refractivity contribution >= 4 is 11.6 Å². The summed E-state index contributed by atoms with van der Waals surface area (Å²) >= 11 is 0. The molecular formula is C22H18N4O2. The van der Waals surface area contributed by atoms with Crippen LogP contribution >= 0.6 is 0 Å². The van der Waals surface area contributed by atoms with Crippen LogP contribution in [-0.4, -0.2) is 31.7 Å². The largest absolute Gasteiger partial charge is 0.445 e. The summed E-state index contributed by atoms with van der Waals surface area (Å²) in [4.78, 5) is 23.9. The second-order valence-corrected chi connectivity index (χ2v) is 7.59. The van der Waals surface area contributed by atoms with E-state index < -0.39 is 0 Å². The minimum Gasteiger partial charge on any atom is -0.445 e. The topological polar surface area (TPSA) is 63.6 Å². The van der Waals surface area contributed by atoms with E-state index in [0.29, 0.717) is 24.3 Å². The van der Waals surface area contributed by atoms with Gasteiger partial charge in [0, 0.05) is 42.5 Å². The second-order valence-electron chi connectivity index (χ2n) is 7.59. The molecule has 138 valence electrons. The molecule has 6 heteroatoms. The van der Waals surface area contributed by atoms with Gasteiger partial charge in [0.15, 0.2) is 0 Å². The minimum absolute atomic E-state index is 0.101. The number of oxazole rings is 1. The third-order valence-corrected chi connectivity index (χ3v) is 5.85. The molecule has 1 amide bonds. The third kappa shape index (κ3) is 2.37. The number of amides is 1. The highest BCUT2D eigenvalue weighted by molar-refractivity contribution is 6.00. The van der Waals surface area contributed by atoms with E-state index in [4.69, 9.17) is 9.40 Å². The third-order valence-electron chi connectivity index (χ3n) is 5.85. The number of rotatable bonds is 4. The lowest BCUT2D eigenvalue weighted by atomic mass is 10.0. The van der Waals surface area contributed by atoms with Crippen LogP contribution in [0, 0.1) is 5.92 Å². The Hall–Kier alpha value is -3.41. The van der Waals surface area contributed by atoms with Crippen molar-refractivity contribution in [3.05, 3.63) is 78.1 Å². The Bertz CT molecular complexity index is 1160. The van der Waals surface area contributed by atoms with Crippen molar-refractivity contribution < 1.29 is 9.21 Å². The fourth-order valence-electron chi connectivity index (χ4n) is 4.32. The van der Waals surface area contributed by atoms with Gasteiger partial charge in [-0.15, -0.1) is 0 Å². The molecule has 1 aliphatic carbocycles. The van der Waals surface area contributed by atoms with Gasteiger partial charge >= 0.3 is 0 Å². The van der Waals surface area contributed by atoms with Crippen molar-refractivity contribution in [2.75, 3.05) is 6.54 Å². The molecule has 2 atom stereocenters. The molecule has 6 nitrogen and oxygen atoms in total. The van der Waals surface area contributed by atoms with E-state index in [1.807, 2.05) is 47.5 Å². The summed E-state index contributed by atoms with van der Waals surface area (Å²) in [6.07, 6.45) is 8.41. The number of pyridine rings is 1. The monoisotopic (exact) mass is 370 g/mol. The second kappa shape index (κ2) is 5.79. The molecule has 4 heterocycles. The highest BCUT2D eigenvalue weighted by Crippen LogP contribution is 2.48. The van der Waals surface area contributed by atoms with E-state index in [0.717, 1.165) is 41.0 Å². The van der Waals surface area contributed by atoms with Crippen molar-refractivity contribution in [1.82, 2.24) is 19.3 Å². The van der Waals surface area contributed by atoms with Crippen LogP contribution in [-0.2, 0) is 6.54 Å². The maximum atomic E-state index is 12.9. The van der Waals surface area contributed by atoms with Crippen LogP contribution < -0.4 is 0 Å². The van der Waals surface area contributed by atoms with Gasteiger partial charge in [-0.2, -0.15) is 0 Å². The van der Waals surface area contributed by atoms with Crippen LogP contribution in [0.5, 0.6) is 0 Å². The maximum Gasteiger partial charge on any atom is 0.254 e. The number of carbonyl (C=O) groups excluding carboxylic acids is 1. The Labute approximate surface area is 161 Å². The average molecular weight is 370 g/mol. The molecule has 2 aliphatic rings. The van der Waals surface area contributed by atoms with Gasteiger partial charge in [-0.25, -0.2) is 9.97 Å². The van der Waals surface area contributed by atoms with E-state index in [2.05, 4.69) is 15.6 Å². The molecular weight excluding hydrogens is 352 g/mol. The molecule has 3 aromatic heterocycles. The number of nitrogens with zero attached hydrogens (tertiary/aromatic N) is 4. The Morgan fingerprint density at radius 1 is 1.14 bits per heavy atom. The van der Waals surface area contributed by atoms with Gasteiger partial charge in [0.25, 0.3) is 5.91 Å². The summed E-state index contributed by atoms with van der Waals surface area (Å²) in [6, 6.07) is 11.8. The molecule has 1 aromatic carbocycles. The Kier molecular flexibility index (Phi) is 3.23. The normalized spacial score (nSPS) is 20.7. The molecule has 0 N–H and O–H groups in total. The molecule has 0 saturated heterocycles. The lowest BCUT2D eigenvalue weighted by Crippen LogP contribution is -2.26. The van der Waals surface area contributed by atoms with E-state index >= 15 is 0 Å². The van der Waals surface area contributed by atoms with Crippen LogP contribution in [0.15, 0.2) is 65.7 Å². The summed E-state index contributed by atoms with van der Waals surface area (Å²) in [6.45, 7) is 1.37. The molecule has 0 spiro atoms. The van der Waals surface area contributed by atoms with Crippen molar-refractivity contribution in [3.63, 3.8) is 0 Å². The standard InChI is InChI=1S/C22H18N4O2/c27-22-16-5-3-4-15(21-23-7-9-28-21)18(16)12-26(22)11-14-10-17(14)19-13-25-8-2-1-6-20(25)24-19/h1-9,13-14,17H,10-12H2/t14-,17+/m0/s1. The zero-order chi connectivity index (χ0) is 18.7. The number of fused-ring (bicyclic) bond motifs is 2. The molecule has 4 aromatic rings. The molecule has 0 radical (unpaired) electrons. The SMILES string of the molecule is O=C1c2cccc(-c3ncco3)c2CN1C[C@@H]1C[C@H]1c1cn2ccccc2n1. The summed E-state index contributed by atoms with van der Waals surface area (Å²) in [7, 11) is 0. The molecule has 6 rings (SSSR count). The van der Waals surface area contributed by atoms with Gasteiger partial charge in [-0.05, 0) is 42.2 Å². The number of imidazole rings is 1. The Morgan fingerprint density at radius 2 is 2.07 bits per heavy atom. The average Bonchev–Trinajstić information content (AvgIpc) is 3.08. The predicted octanol–water partition coefficient (Wildman–Crippen LogP) is 3.75. The summed E-state index contributed by atoms with van der Waals surface area (Å²) in [5.41, 5.74) is 4.79. The highest BCUT2D eigenvalue weighted by Gasteiger charge is 2.43. The highest BCUT2D eigenvalue weighted by atomic mass is 16.3. The lowest BCUT2D eigenvalue weighted by molar-refractivity contribution is 0.0770. The first-order chi connectivity index (χ1) is 13.8. The zero-order valence-electron chi connectivity index (χ0n) is 15.2. The van der Waals surface area contributed by atoms with Crippen LogP contribution in [0.25, 0.3) is 17.1 Å². The van der Waals surface area contributed by atoms with E-state index in [1.165, 1.54) is 0 Å². The van der Waals surface area contributed by atoms with Crippen LogP contribution in [0.1, 0.15) is 34.0 Å². The smallest absolute Gasteiger partial charge is 0.254 e. The summed E-state index contributed by atoms with van der Waals surface area (Å²) in [5, 5.41) is 0. The fraction of sp³-hybridized carbons (Fsp3) is 0.227. The van der Waals surface area contributed by atoms with Crippen molar-refractivity contribution in [3.8, 4) is 11.5 Å². The van der Waals surface area contributed by atoms with Crippen LogP contribution in [0.3, 0.4) is 0 Å². The van der Waals surface area contributed by atoms with Gasteiger partial charge in [0.1, 0.15) is 11.9 Å². The maximum absolute atomic E-state index is 12.9. The molecule has 0 bridgehead atoms. The Morgan fingerprint density at radius 3 is 2.93 bits per heavy atom.